The van der Waals surface area contributed by atoms with E-state index in [1.165, 1.54) is 29.6 Å². The van der Waals surface area contributed by atoms with Crippen molar-refractivity contribution in [2.45, 2.75) is 70.0 Å². The van der Waals surface area contributed by atoms with E-state index in [9.17, 15) is 24.2 Å². The maximum atomic E-state index is 14.2. The van der Waals surface area contributed by atoms with Crippen molar-refractivity contribution in [2.75, 3.05) is 18.9 Å². The molecule has 1 aliphatic carbocycles. The van der Waals surface area contributed by atoms with Gasteiger partial charge in [0.2, 0.25) is 5.60 Å². The minimum atomic E-state index is -4.41. The summed E-state index contributed by atoms with van der Waals surface area (Å²) in [7, 11) is -4.41. The highest BCUT2D eigenvalue weighted by Gasteiger charge is 2.62. The standard InChI is InChI=1S/C30H35N6O10P/c1-18(29(39)41-14-21-8-7-9-21)35-47(40,46-22-10-5-4-6-11-22)42-15-24-26(43-19(2)37)27(44-20(3)38)30(16-31,45-24)25-13-12-23-28(32)33-17-34-36(23)25/h4-6,10-13,17-18,21,24,26-27H,7-9,14-15H2,1-3H3,(H,35,40)(H2,32,33,34)/t18-,24+,26+,27+,30-,47?/m0/s1. The maximum absolute atomic E-state index is 14.2. The predicted octanol–water partition coefficient (Wildman–Crippen LogP) is 2.82. The number of nitrogens with zero attached hydrogens (tertiary/aromatic N) is 4. The van der Waals surface area contributed by atoms with E-state index in [1.807, 2.05) is 0 Å². The number of anilines is 1. The van der Waals surface area contributed by atoms with Crippen LogP contribution in [0.3, 0.4) is 0 Å². The second kappa shape index (κ2) is 14.1. The van der Waals surface area contributed by atoms with E-state index in [2.05, 4.69) is 21.2 Å². The molecule has 250 valence electrons. The molecule has 1 saturated carbocycles. The van der Waals surface area contributed by atoms with Gasteiger partial charge in [-0.1, -0.05) is 24.6 Å². The van der Waals surface area contributed by atoms with Crippen LogP contribution in [-0.4, -0.2) is 70.1 Å². The molecule has 0 amide bonds. The predicted molar refractivity (Wildman–Crippen MR) is 162 cm³/mol. The number of esters is 3. The van der Waals surface area contributed by atoms with E-state index in [0.717, 1.165) is 39.4 Å². The van der Waals surface area contributed by atoms with Crippen molar-refractivity contribution in [1.29, 1.82) is 5.26 Å². The highest BCUT2D eigenvalue weighted by molar-refractivity contribution is 7.52. The average molecular weight is 671 g/mol. The van der Waals surface area contributed by atoms with E-state index in [4.69, 9.17) is 33.7 Å². The number of carbonyl (C=O) groups excluding carboxylic acids is 3. The molecule has 0 spiro atoms. The summed E-state index contributed by atoms with van der Waals surface area (Å²) < 4.78 is 49.8. The van der Waals surface area contributed by atoms with E-state index >= 15 is 0 Å². The SMILES string of the molecule is CC(=O)O[C@H]1[C@@H](OC(C)=O)[C@](C#N)(c2ccc3c(N)ncnn23)O[C@@H]1COP(=O)(N[C@@H](C)C(=O)OCC1CCC1)Oc1ccccc1. The second-order valence-electron chi connectivity index (χ2n) is 11.2. The Morgan fingerprint density at radius 1 is 1.15 bits per heavy atom. The Kier molecular flexibility index (Phi) is 10.1. The lowest BCUT2D eigenvalue weighted by atomic mass is 9.86. The molecule has 3 heterocycles. The molecule has 2 aromatic heterocycles. The van der Waals surface area contributed by atoms with Gasteiger partial charge in [-0.3, -0.25) is 18.9 Å². The van der Waals surface area contributed by atoms with Gasteiger partial charge < -0.3 is 29.2 Å². The molecule has 1 aromatic carbocycles. The Balaban J connectivity index is 1.45. The third-order valence-corrected chi connectivity index (χ3v) is 9.44. The van der Waals surface area contributed by atoms with Crippen molar-refractivity contribution in [1.82, 2.24) is 19.7 Å². The van der Waals surface area contributed by atoms with E-state index in [-0.39, 0.29) is 23.9 Å². The first kappa shape index (κ1) is 33.8. The van der Waals surface area contributed by atoms with Crippen molar-refractivity contribution in [2.24, 2.45) is 5.92 Å². The van der Waals surface area contributed by atoms with Crippen LogP contribution in [0.1, 0.15) is 45.7 Å². The number of hydrogen-bond donors (Lipinski definition) is 2. The highest BCUT2D eigenvalue weighted by Crippen LogP contribution is 2.48. The number of carbonyl (C=O) groups is 3. The lowest BCUT2D eigenvalue weighted by Crippen LogP contribution is -2.45. The largest absolute Gasteiger partial charge is 0.464 e. The number of rotatable bonds is 13. The van der Waals surface area contributed by atoms with Crippen LogP contribution in [0.2, 0.25) is 0 Å². The summed E-state index contributed by atoms with van der Waals surface area (Å²) in [6.45, 7) is 3.31. The number of nitriles is 1. The number of ether oxygens (including phenoxy) is 4. The minimum absolute atomic E-state index is 0.0830. The molecule has 5 rings (SSSR count). The summed E-state index contributed by atoms with van der Waals surface area (Å²) in [4.78, 5) is 41.3. The second-order valence-corrected chi connectivity index (χ2v) is 12.9. The molecular formula is C30H35N6O10P. The lowest BCUT2D eigenvalue weighted by Gasteiger charge is -2.28. The van der Waals surface area contributed by atoms with Crippen molar-refractivity contribution in [3.63, 3.8) is 0 Å². The average Bonchev–Trinajstić information content (AvgIpc) is 3.56. The topological polar surface area (TPSA) is 216 Å². The third kappa shape index (κ3) is 7.39. The first-order valence-electron chi connectivity index (χ1n) is 14.9. The molecule has 1 unspecified atom stereocenters. The van der Waals surface area contributed by atoms with Gasteiger partial charge in [0.25, 0.3) is 0 Å². The number of benzene rings is 1. The fourth-order valence-electron chi connectivity index (χ4n) is 5.33. The zero-order valence-electron chi connectivity index (χ0n) is 25.9. The van der Waals surface area contributed by atoms with Crippen LogP contribution in [0.15, 0.2) is 48.8 Å². The monoisotopic (exact) mass is 670 g/mol. The fourth-order valence-corrected chi connectivity index (χ4v) is 6.83. The summed E-state index contributed by atoms with van der Waals surface area (Å²) in [6.07, 6.45) is -0.154. The van der Waals surface area contributed by atoms with Gasteiger partial charge in [-0.15, -0.1) is 0 Å². The number of nitrogens with two attached hydrogens (primary N) is 1. The van der Waals surface area contributed by atoms with Gasteiger partial charge in [0, 0.05) is 13.8 Å². The molecule has 16 nitrogen and oxygen atoms in total. The van der Waals surface area contributed by atoms with Gasteiger partial charge in [0.1, 0.15) is 35.8 Å². The molecule has 47 heavy (non-hydrogen) atoms. The number of para-hydroxylation sites is 1. The Labute approximate surface area is 270 Å². The number of nitrogens with one attached hydrogen (secondary N) is 1. The first-order valence-corrected chi connectivity index (χ1v) is 16.4. The summed E-state index contributed by atoms with van der Waals surface area (Å²) >= 11 is 0. The van der Waals surface area contributed by atoms with Crippen LogP contribution in [0.4, 0.5) is 5.82 Å². The van der Waals surface area contributed by atoms with Crippen LogP contribution < -0.4 is 15.3 Å². The molecule has 2 aliphatic rings. The Bertz CT molecular complexity index is 1710. The van der Waals surface area contributed by atoms with Crippen LogP contribution >= 0.6 is 7.75 Å². The lowest BCUT2D eigenvalue weighted by molar-refractivity contribution is -0.166. The molecule has 2 fully saturated rings. The third-order valence-electron chi connectivity index (χ3n) is 7.80. The first-order chi connectivity index (χ1) is 22.4. The van der Waals surface area contributed by atoms with Crippen LogP contribution in [0.25, 0.3) is 5.52 Å². The van der Waals surface area contributed by atoms with Gasteiger partial charge in [0.05, 0.1) is 18.9 Å². The van der Waals surface area contributed by atoms with Crippen LogP contribution in [-0.2, 0) is 48.0 Å². The van der Waals surface area contributed by atoms with Gasteiger partial charge in [-0.2, -0.15) is 15.4 Å². The summed E-state index contributed by atoms with van der Waals surface area (Å²) in [5.74, 6) is -1.70. The van der Waals surface area contributed by atoms with Crippen molar-refractivity contribution in [3.8, 4) is 11.8 Å². The van der Waals surface area contributed by atoms with Gasteiger partial charge in [-0.25, -0.2) is 14.1 Å². The van der Waals surface area contributed by atoms with Gasteiger partial charge in [-0.05, 0) is 49.9 Å². The highest BCUT2D eigenvalue weighted by atomic mass is 31.2. The molecule has 1 saturated heterocycles. The Morgan fingerprint density at radius 3 is 2.51 bits per heavy atom. The molecule has 0 bridgehead atoms. The fraction of sp³-hybridized carbons (Fsp3) is 0.467. The normalized spacial score (nSPS) is 24.3. The minimum Gasteiger partial charge on any atom is -0.464 e. The Hall–Kier alpha value is -4.55. The zero-order valence-corrected chi connectivity index (χ0v) is 26.8. The van der Waals surface area contributed by atoms with Crippen molar-refractivity contribution < 1.29 is 46.9 Å². The van der Waals surface area contributed by atoms with E-state index in [0.29, 0.717) is 11.4 Å². The molecule has 3 aromatic rings. The molecule has 0 radical (unpaired) electrons. The molecule has 6 atom stereocenters. The molecule has 17 heteroatoms. The maximum Gasteiger partial charge on any atom is 0.459 e. The van der Waals surface area contributed by atoms with Crippen molar-refractivity contribution in [3.05, 3.63) is 54.5 Å². The molecule has 3 N–H and O–H groups in total. The molecular weight excluding hydrogens is 635 g/mol. The molecule has 1 aliphatic heterocycles. The number of nitrogen functional groups attached to an aromatic ring is 1. The van der Waals surface area contributed by atoms with Gasteiger partial charge in [0.15, 0.2) is 18.0 Å². The van der Waals surface area contributed by atoms with Crippen LogP contribution in [0.5, 0.6) is 5.75 Å². The van der Waals surface area contributed by atoms with Crippen molar-refractivity contribution >= 4 is 37.0 Å². The Morgan fingerprint density at radius 2 is 1.87 bits per heavy atom. The number of aromatic nitrogens is 3. The van der Waals surface area contributed by atoms with E-state index in [1.54, 1.807) is 24.3 Å². The quantitative estimate of drug-likeness (QED) is 0.152. The summed E-state index contributed by atoms with van der Waals surface area (Å²) in [5.41, 5.74) is 4.29. The van der Waals surface area contributed by atoms with Gasteiger partial charge >= 0.3 is 25.7 Å². The van der Waals surface area contributed by atoms with E-state index < -0.39 is 62.2 Å². The number of fused-ring (bicyclic) bond motifs is 1. The van der Waals surface area contributed by atoms with Crippen LogP contribution in [0, 0.1) is 17.2 Å². The smallest absolute Gasteiger partial charge is 0.459 e. The number of hydrogen-bond acceptors (Lipinski definition) is 14. The zero-order chi connectivity index (χ0) is 33.8. The summed E-state index contributed by atoms with van der Waals surface area (Å²) in [5, 5.41) is 17.4. The summed E-state index contributed by atoms with van der Waals surface area (Å²) in [6, 6.07) is 12.0.